The van der Waals surface area contributed by atoms with Crippen molar-refractivity contribution in [2.45, 2.75) is 0 Å². The number of benzene rings is 2. The highest BCUT2D eigenvalue weighted by molar-refractivity contribution is 6.35. The molecule has 0 saturated heterocycles. The van der Waals surface area contributed by atoms with Crippen LogP contribution in [0.5, 0.6) is 11.5 Å². The molecule has 0 aromatic heterocycles. The van der Waals surface area contributed by atoms with Crippen LogP contribution in [-0.4, -0.2) is 12.7 Å². The molecule has 0 atom stereocenters. The highest BCUT2D eigenvalue weighted by Gasteiger charge is 2.15. The summed E-state index contributed by atoms with van der Waals surface area (Å²) in [5, 5.41) is 3.57. The van der Waals surface area contributed by atoms with Crippen molar-refractivity contribution in [1.82, 2.24) is 0 Å². The van der Waals surface area contributed by atoms with Gasteiger partial charge in [0.2, 0.25) is 6.79 Å². The van der Waals surface area contributed by atoms with Crippen LogP contribution in [-0.2, 0) is 0 Å². The first-order valence-electron chi connectivity index (χ1n) is 5.79. The molecule has 2 aromatic carbocycles. The monoisotopic (exact) mass is 309 g/mol. The van der Waals surface area contributed by atoms with Crippen LogP contribution in [0.1, 0.15) is 10.4 Å². The van der Waals surface area contributed by atoms with E-state index in [1.165, 1.54) is 0 Å². The average molecular weight is 310 g/mol. The van der Waals surface area contributed by atoms with E-state index in [1.54, 1.807) is 36.4 Å². The summed E-state index contributed by atoms with van der Waals surface area (Å²) >= 11 is 11.7. The summed E-state index contributed by atoms with van der Waals surface area (Å²) in [7, 11) is 0. The summed E-state index contributed by atoms with van der Waals surface area (Å²) in [5.41, 5.74) is 0.996. The lowest BCUT2D eigenvalue weighted by Crippen LogP contribution is -2.11. The minimum absolute atomic E-state index is 0.191. The molecule has 2 aromatic rings. The molecule has 1 aliphatic heterocycles. The van der Waals surface area contributed by atoms with Crippen molar-refractivity contribution < 1.29 is 14.3 Å². The van der Waals surface area contributed by atoms with E-state index in [0.29, 0.717) is 32.8 Å². The molecule has 0 radical (unpaired) electrons. The van der Waals surface area contributed by atoms with Gasteiger partial charge < -0.3 is 14.8 Å². The van der Waals surface area contributed by atoms with Gasteiger partial charge in [0, 0.05) is 27.4 Å². The summed E-state index contributed by atoms with van der Waals surface area (Å²) < 4.78 is 10.5. The lowest BCUT2D eigenvalue weighted by atomic mass is 10.2. The van der Waals surface area contributed by atoms with Crippen LogP contribution in [0.4, 0.5) is 5.69 Å². The number of amides is 1. The van der Waals surface area contributed by atoms with Gasteiger partial charge in [-0.25, -0.2) is 0 Å². The zero-order valence-corrected chi connectivity index (χ0v) is 11.7. The number of hydrogen-bond donors (Lipinski definition) is 1. The first-order chi connectivity index (χ1) is 9.61. The van der Waals surface area contributed by atoms with Gasteiger partial charge in [-0.2, -0.15) is 0 Å². The molecule has 1 aliphatic rings. The highest BCUT2D eigenvalue weighted by Crippen LogP contribution is 2.34. The van der Waals surface area contributed by atoms with E-state index >= 15 is 0 Å². The lowest BCUT2D eigenvalue weighted by molar-refractivity contribution is 0.102. The summed E-state index contributed by atoms with van der Waals surface area (Å²) in [5.74, 6) is 0.967. The second-order valence-corrected chi connectivity index (χ2v) is 5.05. The third kappa shape index (κ3) is 2.66. The Morgan fingerprint density at radius 1 is 1.00 bits per heavy atom. The molecule has 4 nitrogen and oxygen atoms in total. The van der Waals surface area contributed by atoms with Crippen LogP contribution < -0.4 is 14.8 Å². The predicted molar refractivity (Wildman–Crippen MR) is 77.0 cm³/mol. The Labute approximate surface area is 125 Å². The van der Waals surface area contributed by atoms with E-state index in [0.717, 1.165) is 0 Å². The minimum atomic E-state index is -0.298. The smallest absolute Gasteiger partial charge is 0.255 e. The van der Waals surface area contributed by atoms with Crippen LogP contribution in [0.3, 0.4) is 0 Å². The third-order valence-electron chi connectivity index (χ3n) is 2.76. The predicted octanol–water partition coefficient (Wildman–Crippen LogP) is 3.97. The number of halogens is 2. The number of anilines is 1. The fourth-order valence-corrected chi connectivity index (χ4v) is 2.39. The van der Waals surface area contributed by atoms with Crippen molar-refractivity contribution >= 4 is 34.8 Å². The molecule has 0 bridgehead atoms. The molecule has 1 amide bonds. The highest BCUT2D eigenvalue weighted by atomic mass is 35.5. The number of carbonyl (C=O) groups excluding carboxylic acids is 1. The van der Waals surface area contributed by atoms with Crippen molar-refractivity contribution in [1.29, 1.82) is 0 Å². The Bertz CT molecular complexity index is 668. The maximum absolute atomic E-state index is 12.1. The van der Waals surface area contributed by atoms with Crippen molar-refractivity contribution in [2.24, 2.45) is 0 Å². The summed E-state index contributed by atoms with van der Waals surface area (Å²) in [6, 6.07) is 9.85. The van der Waals surface area contributed by atoms with Gasteiger partial charge >= 0.3 is 0 Å². The number of nitrogens with one attached hydrogen (secondary N) is 1. The average Bonchev–Trinajstić information content (AvgIpc) is 2.85. The number of hydrogen-bond acceptors (Lipinski definition) is 3. The second kappa shape index (κ2) is 5.23. The first kappa shape index (κ1) is 13.1. The molecule has 20 heavy (non-hydrogen) atoms. The Morgan fingerprint density at radius 3 is 2.45 bits per heavy atom. The van der Waals surface area contributed by atoms with Gasteiger partial charge in [-0.3, -0.25) is 4.79 Å². The largest absolute Gasteiger partial charge is 0.454 e. The SMILES string of the molecule is O=C(Nc1ccc2c(c1)OCO2)c1cc(Cl)cc(Cl)c1. The van der Waals surface area contributed by atoms with Gasteiger partial charge in [0.05, 0.1) is 0 Å². The summed E-state index contributed by atoms with van der Waals surface area (Å²) in [4.78, 5) is 12.1. The van der Waals surface area contributed by atoms with E-state index in [4.69, 9.17) is 32.7 Å². The molecule has 0 fully saturated rings. The number of rotatable bonds is 2. The molecule has 1 heterocycles. The van der Waals surface area contributed by atoms with Crippen molar-refractivity contribution in [3.63, 3.8) is 0 Å². The van der Waals surface area contributed by atoms with Crippen LogP contribution >= 0.6 is 23.2 Å². The van der Waals surface area contributed by atoms with Crippen LogP contribution in [0.2, 0.25) is 10.0 Å². The van der Waals surface area contributed by atoms with Crippen molar-refractivity contribution in [3.8, 4) is 11.5 Å². The van der Waals surface area contributed by atoms with E-state index in [1.807, 2.05) is 0 Å². The lowest BCUT2D eigenvalue weighted by Gasteiger charge is -2.07. The maximum atomic E-state index is 12.1. The van der Waals surface area contributed by atoms with E-state index in [2.05, 4.69) is 5.32 Å². The minimum Gasteiger partial charge on any atom is -0.454 e. The fraction of sp³-hybridized carbons (Fsp3) is 0.0714. The van der Waals surface area contributed by atoms with Gasteiger partial charge in [0.1, 0.15) is 0 Å². The van der Waals surface area contributed by atoms with Crippen molar-refractivity contribution in [3.05, 3.63) is 52.0 Å². The number of fused-ring (bicyclic) bond motifs is 1. The second-order valence-electron chi connectivity index (χ2n) is 4.18. The number of ether oxygens (including phenoxy) is 2. The molecular weight excluding hydrogens is 301 g/mol. The van der Waals surface area contributed by atoms with Gasteiger partial charge in [-0.05, 0) is 30.3 Å². The molecule has 102 valence electrons. The normalized spacial score (nSPS) is 12.3. The third-order valence-corrected chi connectivity index (χ3v) is 3.19. The van der Waals surface area contributed by atoms with Crippen LogP contribution in [0.15, 0.2) is 36.4 Å². The molecule has 0 unspecified atom stereocenters. The van der Waals surface area contributed by atoms with E-state index in [9.17, 15) is 4.79 Å². The molecule has 6 heteroatoms. The van der Waals surface area contributed by atoms with Crippen LogP contribution in [0, 0.1) is 0 Å². The fourth-order valence-electron chi connectivity index (χ4n) is 1.86. The molecule has 0 saturated carbocycles. The van der Waals surface area contributed by atoms with Gasteiger partial charge in [0.25, 0.3) is 5.91 Å². The zero-order valence-electron chi connectivity index (χ0n) is 10.2. The van der Waals surface area contributed by atoms with Crippen molar-refractivity contribution in [2.75, 3.05) is 12.1 Å². The Balaban J connectivity index is 1.82. The molecule has 0 aliphatic carbocycles. The molecule has 0 spiro atoms. The quantitative estimate of drug-likeness (QED) is 0.913. The Kier molecular flexibility index (Phi) is 3.42. The Morgan fingerprint density at radius 2 is 1.70 bits per heavy atom. The van der Waals surface area contributed by atoms with E-state index in [-0.39, 0.29) is 12.7 Å². The van der Waals surface area contributed by atoms with Gasteiger partial charge in [-0.15, -0.1) is 0 Å². The summed E-state index contributed by atoms with van der Waals surface area (Å²) in [6.45, 7) is 0.191. The van der Waals surface area contributed by atoms with E-state index < -0.39 is 0 Å². The maximum Gasteiger partial charge on any atom is 0.255 e. The first-order valence-corrected chi connectivity index (χ1v) is 6.54. The topological polar surface area (TPSA) is 47.6 Å². The zero-order chi connectivity index (χ0) is 14.1. The van der Waals surface area contributed by atoms with Crippen LogP contribution in [0.25, 0.3) is 0 Å². The Hall–Kier alpha value is -1.91. The standard InChI is InChI=1S/C14H9Cl2NO3/c15-9-3-8(4-10(16)5-9)14(18)17-11-1-2-12-13(6-11)20-7-19-12/h1-6H,7H2,(H,17,18). The molecular formula is C14H9Cl2NO3. The van der Waals surface area contributed by atoms with Gasteiger partial charge in [0.15, 0.2) is 11.5 Å². The molecule has 1 N–H and O–H groups in total. The van der Waals surface area contributed by atoms with Gasteiger partial charge in [-0.1, -0.05) is 23.2 Å². The number of carbonyl (C=O) groups is 1. The molecule has 3 rings (SSSR count). The summed E-state index contributed by atoms with van der Waals surface area (Å²) in [6.07, 6.45) is 0.